The molecule has 0 N–H and O–H groups in total. The first-order valence-electron chi connectivity index (χ1n) is 8.41. The lowest BCUT2D eigenvalue weighted by Gasteiger charge is -2.07. The van der Waals surface area contributed by atoms with E-state index in [1.165, 1.54) is 22.3 Å². The van der Waals surface area contributed by atoms with Crippen LogP contribution < -0.4 is 0 Å². The molecule has 0 saturated heterocycles. The summed E-state index contributed by atoms with van der Waals surface area (Å²) in [7, 11) is 0. The molecule has 0 bridgehead atoms. The number of benzene rings is 3. The monoisotopic (exact) mass is 474 g/mol. The highest BCUT2D eigenvalue weighted by Gasteiger charge is 1.99. The molecular formula is C22H20Br2O2. The number of rotatable bonds is 8. The van der Waals surface area contributed by atoms with Crippen LogP contribution in [-0.4, -0.2) is 0 Å². The van der Waals surface area contributed by atoms with E-state index in [0.717, 1.165) is 8.95 Å². The molecule has 3 rings (SSSR count). The van der Waals surface area contributed by atoms with Gasteiger partial charge in [-0.15, -0.1) is 0 Å². The molecule has 0 aliphatic heterocycles. The molecule has 0 spiro atoms. The van der Waals surface area contributed by atoms with E-state index in [1.54, 1.807) is 0 Å². The minimum atomic E-state index is 0.607. The molecule has 0 unspecified atom stereocenters. The quantitative estimate of drug-likeness (QED) is 0.363. The fraction of sp³-hybridized carbons (Fsp3) is 0.182. The lowest BCUT2D eigenvalue weighted by atomic mass is 10.1. The Morgan fingerprint density at radius 3 is 0.923 bits per heavy atom. The smallest absolute Gasteiger partial charge is 0.0721 e. The van der Waals surface area contributed by atoms with Gasteiger partial charge in [-0.2, -0.15) is 0 Å². The van der Waals surface area contributed by atoms with E-state index < -0.39 is 0 Å². The van der Waals surface area contributed by atoms with Crippen LogP contribution in [0.15, 0.2) is 81.7 Å². The van der Waals surface area contributed by atoms with Gasteiger partial charge >= 0.3 is 0 Å². The maximum Gasteiger partial charge on any atom is 0.0721 e. The van der Waals surface area contributed by atoms with Gasteiger partial charge in [-0.1, -0.05) is 80.4 Å². The number of halogens is 2. The molecule has 0 atom stereocenters. The first-order chi connectivity index (χ1) is 12.7. The molecule has 0 heterocycles. The molecule has 2 nitrogen and oxygen atoms in total. The second-order valence-electron chi connectivity index (χ2n) is 6.06. The largest absolute Gasteiger partial charge is 0.372 e. The summed E-state index contributed by atoms with van der Waals surface area (Å²) in [5.74, 6) is 0. The topological polar surface area (TPSA) is 18.5 Å². The zero-order valence-electron chi connectivity index (χ0n) is 14.3. The van der Waals surface area contributed by atoms with Crippen LogP contribution in [0.2, 0.25) is 0 Å². The van der Waals surface area contributed by atoms with Crippen LogP contribution in [0.4, 0.5) is 0 Å². The minimum absolute atomic E-state index is 0.607. The summed E-state index contributed by atoms with van der Waals surface area (Å²) in [6, 6.07) is 24.8. The number of ether oxygens (including phenoxy) is 2. The van der Waals surface area contributed by atoms with Gasteiger partial charge in [-0.05, 0) is 46.5 Å². The van der Waals surface area contributed by atoms with Crippen molar-refractivity contribution < 1.29 is 9.47 Å². The van der Waals surface area contributed by atoms with Crippen LogP contribution in [0.25, 0.3) is 0 Å². The SMILES string of the molecule is Brc1ccc(COCc2ccc(COCc3ccc(Br)cc3)cc2)cc1. The highest BCUT2D eigenvalue weighted by atomic mass is 79.9. The van der Waals surface area contributed by atoms with E-state index in [4.69, 9.17) is 9.47 Å². The standard InChI is InChI=1S/C22H20Br2O2/c23-21-9-5-19(6-10-21)15-25-13-17-1-2-18(4-3-17)14-26-16-20-7-11-22(24)12-8-20/h1-12H,13-16H2. The zero-order chi connectivity index (χ0) is 18.2. The van der Waals surface area contributed by atoms with Gasteiger partial charge in [0.1, 0.15) is 0 Å². The van der Waals surface area contributed by atoms with Crippen molar-refractivity contribution in [3.8, 4) is 0 Å². The molecule has 134 valence electrons. The fourth-order valence-electron chi connectivity index (χ4n) is 2.47. The molecule has 0 aromatic heterocycles. The third-order valence-corrected chi connectivity index (χ3v) is 4.98. The van der Waals surface area contributed by atoms with Gasteiger partial charge in [0.2, 0.25) is 0 Å². The van der Waals surface area contributed by atoms with Crippen molar-refractivity contribution in [2.45, 2.75) is 26.4 Å². The molecular weight excluding hydrogens is 456 g/mol. The molecule has 0 aliphatic carbocycles. The second kappa shape index (κ2) is 10.0. The van der Waals surface area contributed by atoms with E-state index in [2.05, 4.69) is 80.4 Å². The summed E-state index contributed by atoms with van der Waals surface area (Å²) in [5, 5.41) is 0. The molecule has 26 heavy (non-hydrogen) atoms. The Morgan fingerprint density at radius 1 is 0.423 bits per heavy atom. The molecule has 4 heteroatoms. The fourth-order valence-corrected chi connectivity index (χ4v) is 3.00. The molecule has 3 aromatic carbocycles. The summed E-state index contributed by atoms with van der Waals surface area (Å²) in [5.41, 5.74) is 4.68. The van der Waals surface area contributed by atoms with E-state index >= 15 is 0 Å². The first-order valence-corrected chi connectivity index (χ1v) is 10.00. The summed E-state index contributed by atoms with van der Waals surface area (Å²) < 4.78 is 13.7. The molecule has 0 fully saturated rings. The van der Waals surface area contributed by atoms with Gasteiger partial charge < -0.3 is 9.47 Å². The van der Waals surface area contributed by atoms with Gasteiger partial charge in [-0.25, -0.2) is 0 Å². The van der Waals surface area contributed by atoms with Gasteiger partial charge in [0.25, 0.3) is 0 Å². The maximum absolute atomic E-state index is 5.78. The normalized spacial score (nSPS) is 10.8. The summed E-state index contributed by atoms with van der Waals surface area (Å²) in [6.45, 7) is 2.45. The Balaban J connectivity index is 1.40. The van der Waals surface area contributed by atoms with Crippen LogP contribution in [0, 0.1) is 0 Å². The average molecular weight is 476 g/mol. The highest BCUT2D eigenvalue weighted by molar-refractivity contribution is 9.10. The van der Waals surface area contributed by atoms with Crippen LogP contribution in [0.3, 0.4) is 0 Å². The van der Waals surface area contributed by atoms with Crippen molar-refractivity contribution in [1.29, 1.82) is 0 Å². The first kappa shape index (κ1) is 19.3. The zero-order valence-corrected chi connectivity index (χ0v) is 17.5. The molecule has 0 amide bonds. The predicted octanol–water partition coefficient (Wildman–Crippen LogP) is 6.65. The van der Waals surface area contributed by atoms with Crippen LogP contribution >= 0.6 is 31.9 Å². The van der Waals surface area contributed by atoms with Crippen LogP contribution in [-0.2, 0) is 35.9 Å². The van der Waals surface area contributed by atoms with Crippen molar-refractivity contribution in [2.75, 3.05) is 0 Å². The molecule has 0 aliphatic rings. The summed E-state index contributed by atoms with van der Waals surface area (Å²) in [4.78, 5) is 0. The van der Waals surface area contributed by atoms with Gasteiger partial charge in [0.15, 0.2) is 0 Å². The van der Waals surface area contributed by atoms with Crippen molar-refractivity contribution in [2.24, 2.45) is 0 Å². The summed E-state index contributed by atoms with van der Waals surface area (Å²) >= 11 is 6.88. The van der Waals surface area contributed by atoms with E-state index in [0.29, 0.717) is 26.4 Å². The van der Waals surface area contributed by atoms with Crippen LogP contribution in [0.1, 0.15) is 22.3 Å². The molecule has 0 saturated carbocycles. The Bertz CT molecular complexity index is 727. The Morgan fingerprint density at radius 2 is 0.654 bits per heavy atom. The maximum atomic E-state index is 5.78. The Kier molecular flexibility index (Phi) is 7.44. The van der Waals surface area contributed by atoms with Gasteiger partial charge in [0, 0.05) is 8.95 Å². The molecule has 3 aromatic rings. The lowest BCUT2D eigenvalue weighted by Crippen LogP contribution is -1.96. The number of hydrogen-bond donors (Lipinski definition) is 0. The van der Waals surface area contributed by atoms with Crippen molar-refractivity contribution in [3.05, 3.63) is 104 Å². The predicted molar refractivity (Wildman–Crippen MR) is 112 cm³/mol. The van der Waals surface area contributed by atoms with Crippen molar-refractivity contribution >= 4 is 31.9 Å². The van der Waals surface area contributed by atoms with Gasteiger partial charge in [0.05, 0.1) is 26.4 Å². The van der Waals surface area contributed by atoms with Crippen LogP contribution in [0.5, 0.6) is 0 Å². The lowest BCUT2D eigenvalue weighted by molar-refractivity contribution is 0.105. The minimum Gasteiger partial charge on any atom is -0.372 e. The highest BCUT2D eigenvalue weighted by Crippen LogP contribution is 2.14. The van der Waals surface area contributed by atoms with Gasteiger partial charge in [-0.3, -0.25) is 0 Å². The van der Waals surface area contributed by atoms with E-state index in [9.17, 15) is 0 Å². The third kappa shape index (κ3) is 6.36. The van der Waals surface area contributed by atoms with Crippen molar-refractivity contribution in [3.63, 3.8) is 0 Å². The van der Waals surface area contributed by atoms with E-state index in [1.807, 2.05) is 24.3 Å². The average Bonchev–Trinajstić information content (AvgIpc) is 2.66. The summed E-state index contributed by atoms with van der Waals surface area (Å²) in [6.07, 6.45) is 0. The Labute approximate surface area is 171 Å². The van der Waals surface area contributed by atoms with Crippen molar-refractivity contribution in [1.82, 2.24) is 0 Å². The Hall–Kier alpha value is -1.46. The van der Waals surface area contributed by atoms with E-state index in [-0.39, 0.29) is 0 Å². The second-order valence-corrected chi connectivity index (χ2v) is 7.89. The third-order valence-electron chi connectivity index (χ3n) is 3.92. The number of hydrogen-bond acceptors (Lipinski definition) is 2. The molecule has 0 radical (unpaired) electrons.